The third-order valence-corrected chi connectivity index (χ3v) is 3.43. The lowest BCUT2D eigenvalue weighted by Crippen LogP contribution is -2.31. The minimum absolute atomic E-state index is 0.560. The molecule has 1 aromatic heterocycles. The highest BCUT2D eigenvalue weighted by Crippen LogP contribution is 2.19. The van der Waals surface area contributed by atoms with Crippen LogP contribution >= 0.6 is 12.2 Å². The lowest BCUT2D eigenvalue weighted by atomic mass is 10.2. The maximum Gasteiger partial charge on any atom is 0.170 e. The lowest BCUT2D eigenvalue weighted by molar-refractivity contribution is 0.204. The van der Waals surface area contributed by atoms with E-state index in [1.807, 2.05) is 42.5 Å². The van der Waals surface area contributed by atoms with Crippen LogP contribution in [-0.2, 0) is 4.74 Å². The summed E-state index contributed by atoms with van der Waals surface area (Å²) >= 11 is 5.24. The molecule has 0 saturated carbocycles. The minimum Gasteiger partial charge on any atom is -0.383 e. The van der Waals surface area contributed by atoms with Crippen LogP contribution < -0.4 is 10.6 Å². The number of para-hydroxylation sites is 2. The maximum atomic E-state index is 5.24. The standard InChI is InChI=1S/C16H16N4OS/c1-21-9-8-17-16(22)18-11-6-7-14-15(10-11)20-13-5-3-2-4-12(13)19-14/h2-7,10H,8-9H2,1H3,(H2,17,18,22). The molecule has 0 atom stereocenters. The molecule has 3 aromatic rings. The van der Waals surface area contributed by atoms with Gasteiger partial charge < -0.3 is 15.4 Å². The molecule has 22 heavy (non-hydrogen) atoms. The van der Waals surface area contributed by atoms with Gasteiger partial charge in [0.05, 0.1) is 28.7 Å². The van der Waals surface area contributed by atoms with Gasteiger partial charge in [-0.15, -0.1) is 0 Å². The summed E-state index contributed by atoms with van der Waals surface area (Å²) in [6.07, 6.45) is 0. The van der Waals surface area contributed by atoms with E-state index in [1.165, 1.54) is 0 Å². The van der Waals surface area contributed by atoms with E-state index in [-0.39, 0.29) is 0 Å². The number of anilines is 1. The summed E-state index contributed by atoms with van der Waals surface area (Å²) in [6.45, 7) is 1.28. The zero-order valence-electron chi connectivity index (χ0n) is 12.2. The molecular formula is C16H16N4OS. The summed E-state index contributed by atoms with van der Waals surface area (Å²) in [6, 6.07) is 13.7. The molecule has 5 nitrogen and oxygen atoms in total. The first-order chi connectivity index (χ1) is 10.8. The third-order valence-electron chi connectivity index (χ3n) is 3.19. The summed E-state index contributed by atoms with van der Waals surface area (Å²) in [5.74, 6) is 0. The van der Waals surface area contributed by atoms with Crippen molar-refractivity contribution in [1.29, 1.82) is 0 Å². The smallest absolute Gasteiger partial charge is 0.170 e. The SMILES string of the molecule is COCCNC(=S)Nc1ccc2nc3ccccc3nc2c1. The molecule has 0 aliphatic rings. The van der Waals surface area contributed by atoms with E-state index >= 15 is 0 Å². The highest BCUT2D eigenvalue weighted by molar-refractivity contribution is 7.80. The van der Waals surface area contributed by atoms with Gasteiger partial charge in [0, 0.05) is 19.3 Å². The number of rotatable bonds is 4. The fourth-order valence-electron chi connectivity index (χ4n) is 2.14. The van der Waals surface area contributed by atoms with Crippen molar-refractivity contribution in [1.82, 2.24) is 15.3 Å². The number of hydrogen-bond acceptors (Lipinski definition) is 4. The molecular weight excluding hydrogens is 296 g/mol. The van der Waals surface area contributed by atoms with Crippen molar-refractivity contribution < 1.29 is 4.74 Å². The summed E-state index contributed by atoms with van der Waals surface area (Å²) < 4.78 is 4.97. The number of nitrogens with one attached hydrogen (secondary N) is 2. The van der Waals surface area contributed by atoms with Crippen molar-refractivity contribution >= 4 is 45.1 Å². The van der Waals surface area contributed by atoms with E-state index in [9.17, 15) is 0 Å². The van der Waals surface area contributed by atoms with Crippen molar-refractivity contribution in [3.63, 3.8) is 0 Å². The van der Waals surface area contributed by atoms with Gasteiger partial charge in [-0.25, -0.2) is 9.97 Å². The molecule has 0 bridgehead atoms. The van der Waals surface area contributed by atoms with Crippen LogP contribution in [0, 0.1) is 0 Å². The van der Waals surface area contributed by atoms with E-state index in [1.54, 1.807) is 7.11 Å². The van der Waals surface area contributed by atoms with Crippen molar-refractivity contribution in [2.45, 2.75) is 0 Å². The van der Waals surface area contributed by atoms with E-state index < -0.39 is 0 Å². The largest absolute Gasteiger partial charge is 0.383 e. The predicted molar refractivity (Wildman–Crippen MR) is 93.1 cm³/mol. The molecule has 3 rings (SSSR count). The first-order valence-corrected chi connectivity index (χ1v) is 7.37. The van der Waals surface area contributed by atoms with Crippen molar-refractivity contribution in [2.75, 3.05) is 25.6 Å². The monoisotopic (exact) mass is 312 g/mol. The molecule has 0 aliphatic carbocycles. The van der Waals surface area contributed by atoms with Gasteiger partial charge in [0.15, 0.2) is 5.11 Å². The molecule has 0 aliphatic heterocycles. The van der Waals surface area contributed by atoms with Crippen LogP contribution in [0.4, 0.5) is 5.69 Å². The highest BCUT2D eigenvalue weighted by atomic mass is 32.1. The Bertz CT molecular complexity index is 821. The Morgan fingerprint density at radius 3 is 2.45 bits per heavy atom. The molecule has 0 saturated heterocycles. The molecule has 0 unspecified atom stereocenters. The Kier molecular flexibility index (Phi) is 4.41. The normalized spacial score (nSPS) is 10.8. The Balaban J connectivity index is 1.83. The van der Waals surface area contributed by atoms with Gasteiger partial charge >= 0.3 is 0 Å². The summed E-state index contributed by atoms with van der Waals surface area (Å²) in [4.78, 5) is 9.24. The third kappa shape index (κ3) is 3.29. The van der Waals surface area contributed by atoms with Crippen molar-refractivity contribution in [3.8, 4) is 0 Å². The molecule has 1 heterocycles. The van der Waals surface area contributed by atoms with E-state index in [0.29, 0.717) is 18.3 Å². The van der Waals surface area contributed by atoms with Crippen molar-refractivity contribution in [3.05, 3.63) is 42.5 Å². The molecule has 6 heteroatoms. The van der Waals surface area contributed by atoms with Crippen LogP contribution in [0.3, 0.4) is 0 Å². The fraction of sp³-hybridized carbons (Fsp3) is 0.188. The van der Waals surface area contributed by atoms with Gasteiger partial charge in [0.2, 0.25) is 0 Å². The average molecular weight is 312 g/mol. The number of thiocarbonyl (C=S) groups is 1. The van der Waals surface area contributed by atoms with Crippen LogP contribution in [0.1, 0.15) is 0 Å². The molecule has 112 valence electrons. The zero-order chi connectivity index (χ0) is 15.4. The molecule has 0 spiro atoms. The topological polar surface area (TPSA) is 59.1 Å². The van der Waals surface area contributed by atoms with Gasteiger partial charge in [-0.3, -0.25) is 0 Å². The highest BCUT2D eigenvalue weighted by Gasteiger charge is 2.03. The van der Waals surface area contributed by atoms with Gasteiger partial charge in [-0.2, -0.15) is 0 Å². The summed E-state index contributed by atoms with van der Waals surface area (Å²) in [5, 5.41) is 6.77. The number of methoxy groups -OCH3 is 1. The fourth-order valence-corrected chi connectivity index (χ4v) is 2.36. The Morgan fingerprint density at radius 1 is 1.05 bits per heavy atom. The predicted octanol–water partition coefficient (Wildman–Crippen LogP) is 2.72. The minimum atomic E-state index is 0.560. The first kappa shape index (κ1) is 14.6. The maximum absolute atomic E-state index is 5.24. The Morgan fingerprint density at radius 2 is 1.73 bits per heavy atom. The number of fused-ring (bicyclic) bond motifs is 2. The molecule has 0 fully saturated rings. The Hall–Kier alpha value is -2.31. The number of ether oxygens (including phenoxy) is 1. The van der Waals surface area contributed by atoms with Crippen molar-refractivity contribution in [2.24, 2.45) is 0 Å². The first-order valence-electron chi connectivity index (χ1n) is 6.96. The lowest BCUT2D eigenvalue weighted by Gasteiger charge is -2.10. The quantitative estimate of drug-likeness (QED) is 0.439. The van der Waals surface area contributed by atoms with Crippen LogP contribution in [0.25, 0.3) is 22.1 Å². The number of nitrogens with zero attached hydrogens (tertiary/aromatic N) is 2. The van der Waals surface area contributed by atoms with E-state index in [4.69, 9.17) is 17.0 Å². The van der Waals surface area contributed by atoms with E-state index in [2.05, 4.69) is 20.6 Å². The zero-order valence-corrected chi connectivity index (χ0v) is 13.0. The van der Waals surface area contributed by atoms with Gasteiger partial charge in [0.25, 0.3) is 0 Å². The second-order valence-corrected chi connectivity index (χ2v) is 5.20. The summed E-state index contributed by atoms with van der Waals surface area (Å²) in [7, 11) is 1.66. The Labute approximate surface area is 133 Å². The van der Waals surface area contributed by atoms with Crippen LogP contribution in [0.2, 0.25) is 0 Å². The van der Waals surface area contributed by atoms with Gasteiger partial charge in [0.1, 0.15) is 0 Å². The molecule has 0 amide bonds. The number of aromatic nitrogens is 2. The molecule has 0 radical (unpaired) electrons. The summed E-state index contributed by atoms with van der Waals surface area (Å²) in [5.41, 5.74) is 4.36. The second kappa shape index (κ2) is 6.64. The van der Waals surface area contributed by atoms with Gasteiger partial charge in [-0.1, -0.05) is 12.1 Å². The average Bonchev–Trinajstić information content (AvgIpc) is 2.53. The van der Waals surface area contributed by atoms with Crippen LogP contribution in [0.15, 0.2) is 42.5 Å². The number of hydrogen-bond donors (Lipinski definition) is 2. The number of benzene rings is 2. The molecule has 2 aromatic carbocycles. The second-order valence-electron chi connectivity index (χ2n) is 4.79. The van der Waals surface area contributed by atoms with Crippen LogP contribution in [0.5, 0.6) is 0 Å². The van der Waals surface area contributed by atoms with Crippen LogP contribution in [-0.4, -0.2) is 35.3 Å². The van der Waals surface area contributed by atoms with Gasteiger partial charge in [-0.05, 0) is 42.5 Å². The molecule has 2 N–H and O–H groups in total. The van der Waals surface area contributed by atoms with E-state index in [0.717, 1.165) is 27.8 Å².